The molecule has 1 aromatic carbocycles. The number of carbonyl (C=O) groups is 4. The summed E-state index contributed by atoms with van der Waals surface area (Å²) in [6.45, 7) is -0.709. The molecule has 0 spiro atoms. The van der Waals surface area contributed by atoms with E-state index in [9.17, 15) is 28.7 Å². The average molecular weight is 503 g/mol. The summed E-state index contributed by atoms with van der Waals surface area (Å²) in [6.07, 6.45) is 2.52. The van der Waals surface area contributed by atoms with Crippen molar-refractivity contribution < 1.29 is 28.7 Å². The van der Waals surface area contributed by atoms with Crippen molar-refractivity contribution in [2.24, 2.45) is 5.73 Å². The van der Waals surface area contributed by atoms with Gasteiger partial charge in [0.1, 0.15) is 12.4 Å². The predicted octanol–water partition coefficient (Wildman–Crippen LogP) is 1.33. The van der Waals surface area contributed by atoms with Gasteiger partial charge in [-0.05, 0) is 25.0 Å². The number of nitrogens with one attached hydrogen (secondary N) is 1. The quantitative estimate of drug-likeness (QED) is 0.397. The average Bonchev–Trinajstić information content (AvgIpc) is 3.59. The van der Waals surface area contributed by atoms with E-state index in [0.29, 0.717) is 12.8 Å². The number of carboxylic acids is 1. The van der Waals surface area contributed by atoms with E-state index in [1.807, 2.05) is 0 Å². The number of amides is 3. The lowest BCUT2D eigenvalue weighted by Crippen LogP contribution is -2.43. The molecule has 1 aliphatic carbocycles. The Bertz CT molecular complexity index is 1360. The highest BCUT2D eigenvalue weighted by Gasteiger charge is 2.34. The van der Waals surface area contributed by atoms with Crippen molar-refractivity contribution in [3.63, 3.8) is 0 Å². The lowest BCUT2D eigenvalue weighted by Gasteiger charge is -2.22. The maximum absolute atomic E-state index is 14.1. The molecule has 0 radical (unpaired) electrons. The molecule has 35 heavy (non-hydrogen) atoms. The molecule has 2 heterocycles. The molecule has 0 unspecified atom stereocenters. The number of pyridine rings is 1. The molecule has 0 atom stereocenters. The normalized spacial score (nSPS) is 13.0. The standard InChI is InChI=1S/C22H20ClFN6O5/c23-15-3-1-2-11(18(15)24)7-26-16(31)9-29(13-4-5-13)17(32)10-30-21-14(19(28-30)20(25)33)6-12(8-27-21)22(34)35/h1-3,6,8,13H,4-5,7,9-10H2,(H2,25,33)(H,26,31)(H,34,35). The number of hydrogen-bond donors (Lipinski definition) is 3. The smallest absolute Gasteiger partial charge is 0.337 e. The number of hydrogen-bond acceptors (Lipinski definition) is 6. The molecule has 0 aliphatic heterocycles. The molecule has 2 aromatic heterocycles. The van der Waals surface area contributed by atoms with Gasteiger partial charge in [-0.1, -0.05) is 23.7 Å². The summed E-state index contributed by atoms with van der Waals surface area (Å²) in [7, 11) is 0. The minimum absolute atomic E-state index is 0.0580. The Labute approximate surface area is 202 Å². The molecule has 3 aromatic rings. The van der Waals surface area contributed by atoms with Crippen LogP contribution in [0, 0.1) is 5.82 Å². The van der Waals surface area contributed by atoms with Gasteiger partial charge in [0.15, 0.2) is 11.3 Å². The molecular weight excluding hydrogens is 483 g/mol. The number of carbonyl (C=O) groups excluding carboxylic acids is 3. The third-order valence-corrected chi connectivity index (χ3v) is 5.77. The summed E-state index contributed by atoms with van der Waals surface area (Å²) in [5.74, 6) is -3.73. The topological polar surface area (TPSA) is 161 Å². The van der Waals surface area contributed by atoms with E-state index in [4.69, 9.17) is 17.3 Å². The van der Waals surface area contributed by atoms with Crippen molar-refractivity contribution in [1.82, 2.24) is 25.0 Å². The maximum atomic E-state index is 14.1. The van der Waals surface area contributed by atoms with Gasteiger partial charge in [0.2, 0.25) is 11.8 Å². The van der Waals surface area contributed by atoms with Gasteiger partial charge < -0.3 is 21.1 Å². The molecule has 4 rings (SSSR count). The summed E-state index contributed by atoms with van der Waals surface area (Å²) < 4.78 is 15.2. The molecule has 1 aliphatic rings. The van der Waals surface area contributed by atoms with Crippen LogP contribution in [0.5, 0.6) is 0 Å². The van der Waals surface area contributed by atoms with E-state index in [1.54, 1.807) is 6.07 Å². The van der Waals surface area contributed by atoms with Gasteiger partial charge in [0, 0.05) is 24.3 Å². The number of primary amides is 1. The van der Waals surface area contributed by atoms with Crippen molar-refractivity contribution in [1.29, 1.82) is 0 Å². The molecular formula is C22H20ClFN6O5. The van der Waals surface area contributed by atoms with Crippen LogP contribution in [0.15, 0.2) is 30.5 Å². The number of halogens is 2. The van der Waals surface area contributed by atoms with Gasteiger partial charge >= 0.3 is 5.97 Å². The zero-order chi connectivity index (χ0) is 25.3. The Morgan fingerprint density at radius 1 is 1.29 bits per heavy atom. The second-order valence-corrected chi connectivity index (χ2v) is 8.42. The summed E-state index contributed by atoms with van der Waals surface area (Å²) >= 11 is 5.76. The van der Waals surface area contributed by atoms with Crippen molar-refractivity contribution >= 4 is 46.3 Å². The van der Waals surface area contributed by atoms with Gasteiger partial charge in [-0.2, -0.15) is 5.10 Å². The molecule has 4 N–H and O–H groups in total. The van der Waals surface area contributed by atoms with Crippen molar-refractivity contribution in [2.75, 3.05) is 6.54 Å². The zero-order valence-corrected chi connectivity index (χ0v) is 19.0. The highest BCUT2D eigenvalue weighted by Crippen LogP contribution is 2.27. The fourth-order valence-corrected chi connectivity index (χ4v) is 3.78. The second kappa shape index (κ2) is 9.66. The number of aromatic nitrogens is 3. The monoisotopic (exact) mass is 502 g/mol. The van der Waals surface area contributed by atoms with Crippen LogP contribution >= 0.6 is 11.6 Å². The lowest BCUT2D eigenvalue weighted by molar-refractivity contribution is -0.137. The first-order valence-electron chi connectivity index (χ1n) is 10.5. The van der Waals surface area contributed by atoms with E-state index in [2.05, 4.69) is 15.4 Å². The van der Waals surface area contributed by atoms with Crippen LogP contribution in [0.25, 0.3) is 11.0 Å². The van der Waals surface area contributed by atoms with Crippen molar-refractivity contribution in [3.8, 4) is 0 Å². The van der Waals surface area contributed by atoms with Gasteiger partial charge in [-0.3, -0.25) is 14.4 Å². The highest BCUT2D eigenvalue weighted by molar-refractivity contribution is 6.30. The van der Waals surface area contributed by atoms with E-state index < -0.39 is 29.5 Å². The summed E-state index contributed by atoms with van der Waals surface area (Å²) in [5.41, 5.74) is 5.29. The number of aromatic carboxylic acids is 1. The van der Waals surface area contributed by atoms with Crippen LogP contribution in [0.2, 0.25) is 5.02 Å². The summed E-state index contributed by atoms with van der Waals surface area (Å²) in [6, 6.07) is 5.53. The Kier molecular flexibility index (Phi) is 6.65. The van der Waals surface area contributed by atoms with E-state index in [1.165, 1.54) is 23.1 Å². The largest absolute Gasteiger partial charge is 0.478 e. The van der Waals surface area contributed by atoms with E-state index >= 15 is 0 Å². The zero-order valence-electron chi connectivity index (χ0n) is 18.2. The second-order valence-electron chi connectivity index (χ2n) is 8.01. The highest BCUT2D eigenvalue weighted by atomic mass is 35.5. The van der Waals surface area contributed by atoms with Crippen LogP contribution in [0.4, 0.5) is 4.39 Å². The van der Waals surface area contributed by atoms with E-state index in [0.717, 1.165) is 10.9 Å². The van der Waals surface area contributed by atoms with E-state index in [-0.39, 0.29) is 58.6 Å². The minimum atomic E-state index is -1.25. The Morgan fingerprint density at radius 2 is 2.03 bits per heavy atom. The molecule has 1 saturated carbocycles. The first kappa shape index (κ1) is 24.1. The number of carboxylic acid groups (broad SMARTS) is 1. The van der Waals surface area contributed by atoms with Crippen LogP contribution in [0.1, 0.15) is 39.3 Å². The number of fused-ring (bicyclic) bond motifs is 1. The van der Waals surface area contributed by atoms with Crippen LogP contribution in [-0.4, -0.2) is 61.0 Å². The first-order valence-corrected chi connectivity index (χ1v) is 10.9. The molecule has 0 bridgehead atoms. The van der Waals surface area contributed by atoms with Crippen molar-refractivity contribution in [2.45, 2.75) is 32.0 Å². The number of nitrogens with two attached hydrogens (primary N) is 1. The Morgan fingerprint density at radius 3 is 2.69 bits per heavy atom. The van der Waals surface area contributed by atoms with Gasteiger partial charge in [0.05, 0.1) is 22.5 Å². The van der Waals surface area contributed by atoms with Gasteiger partial charge in [0.25, 0.3) is 5.91 Å². The number of benzene rings is 1. The molecule has 182 valence electrons. The first-order chi connectivity index (χ1) is 16.7. The summed E-state index contributed by atoms with van der Waals surface area (Å²) in [4.78, 5) is 54.1. The Balaban J connectivity index is 1.49. The van der Waals surface area contributed by atoms with Crippen LogP contribution < -0.4 is 11.1 Å². The minimum Gasteiger partial charge on any atom is -0.478 e. The third kappa shape index (κ3) is 5.22. The molecule has 0 saturated heterocycles. The van der Waals surface area contributed by atoms with Gasteiger partial charge in [-0.25, -0.2) is 18.9 Å². The predicted molar refractivity (Wildman–Crippen MR) is 121 cm³/mol. The molecule has 3 amide bonds. The third-order valence-electron chi connectivity index (χ3n) is 5.48. The SMILES string of the molecule is NC(=O)c1nn(CC(=O)N(CC(=O)NCc2cccc(Cl)c2F)C2CC2)c2ncc(C(=O)O)cc12. The van der Waals surface area contributed by atoms with Crippen molar-refractivity contribution in [3.05, 3.63) is 58.1 Å². The summed E-state index contributed by atoms with van der Waals surface area (Å²) in [5, 5.41) is 15.9. The fraction of sp³-hybridized carbons (Fsp3) is 0.273. The maximum Gasteiger partial charge on any atom is 0.337 e. The number of rotatable bonds is 9. The Hall–Kier alpha value is -4.06. The van der Waals surface area contributed by atoms with Gasteiger partial charge in [-0.15, -0.1) is 0 Å². The fourth-order valence-electron chi connectivity index (χ4n) is 3.58. The molecule has 1 fully saturated rings. The number of nitrogens with zero attached hydrogens (tertiary/aromatic N) is 4. The van der Waals surface area contributed by atoms with Crippen LogP contribution in [0.3, 0.4) is 0 Å². The van der Waals surface area contributed by atoms with Crippen LogP contribution in [-0.2, 0) is 22.7 Å². The molecule has 11 nitrogen and oxygen atoms in total. The molecule has 13 heteroatoms. The lowest BCUT2D eigenvalue weighted by atomic mass is 10.2.